The lowest BCUT2D eigenvalue weighted by Crippen LogP contribution is -2.18. The molecule has 2 aromatic carbocycles. The lowest BCUT2D eigenvalue weighted by atomic mass is 10.2. The summed E-state index contributed by atoms with van der Waals surface area (Å²) in [7, 11) is -3.74. The van der Waals surface area contributed by atoms with E-state index in [0.717, 1.165) is 28.2 Å². The van der Waals surface area contributed by atoms with Crippen molar-refractivity contribution in [2.45, 2.75) is 32.6 Å². The number of sulfonamides is 1. The molecule has 0 fully saturated rings. The van der Waals surface area contributed by atoms with Gasteiger partial charge in [0.05, 0.1) is 23.3 Å². The van der Waals surface area contributed by atoms with Crippen LogP contribution in [-0.2, 0) is 14.8 Å². The summed E-state index contributed by atoms with van der Waals surface area (Å²) in [5.41, 5.74) is 4.78. The molecule has 31 heavy (non-hydrogen) atoms. The second kappa shape index (κ2) is 9.18. The van der Waals surface area contributed by atoms with Crippen LogP contribution < -0.4 is 4.83 Å². The van der Waals surface area contributed by atoms with Crippen LogP contribution in [0.4, 0.5) is 0 Å². The molecule has 1 aromatic heterocycles. The molecule has 0 atom stereocenters. The normalized spacial score (nSPS) is 11.6. The Kier molecular flexibility index (Phi) is 6.60. The number of hydrogen-bond acceptors (Lipinski definition) is 5. The maximum Gasteiger partial charge on any atom is 0.338 e. The van der Waals surface area contributed by atoms with Gasteiger partial charge in [0.15, 0.2) is 0 Å². The fourth-order valence-electron chi connectivity index (χ4n) is 3.24. The van der Waals surface area contributed by atoms with E-state index >= 15 is 0 Å². The fourth-order valence-corrected chi connectivity index (χ4v) is 4.03. The van der Waals surface area contributed by atoms with Gasteiger partial charge in [0.1, 0.15) is 0 Å². The maximum atomic E-state index is 12.4. The number of hydrazone groups is 1. The highest BCUT2D eigenvalue weighted by Crippen LogP contribution is 2.21. The van der Waals surface area contributed by atoms with E-state index in [1.807, 2.05) is 37.5 Å². The van der Waals surface area contributed by atoms with Crippen LogP contribution in [0.15, 0.2) is 64.6 Å². The van der Waals surface area contributed by atoms with Gasteiger partial charge in [0, 0.05) is 22.6 Å². The number of nitrogens with zero attached hydrogens (tertiary/aromatic N) is 2. The Morgan fingerprint density at radius 1 is 1.10 bits per heavy atom. The average molecular weight is 440 g/mol. The summed E-state index contributed by atoms with van der Waals surface area (Å²) in [5, 5.41) is 3.94. The minimum atomic E-state index is -3.74. The van der Waals surface area contributed by atoms with E-state index in [1.165, 1.54) is 18.3 Å². The number of carbonyl (C=O) groups is 1. The van der Waals surface area contributed by atoms with Gasteiger partial charge < -0.3 is 9.30 Å². The average Bonchev–Trinajstić information content (AvgIpc) is 3.01. The molecular weight excluding hydrogens is 414 g/mol. The second-order valence-corrected chi connectivity index (χ2v) is 8.76. The summed E-state index contributed by atoms with van der Waals surface area (Å²) in [5.74, 6) is -0.376. The van der Waals surface area contributed by atoms with Gasteiger partial charge in [-0.15, -0.1) is 0 Å². The van der Waals surface area contributed by atoms with Crippen molar-refractivity contribution in [2.75, 3.05) is 6.61 Å². The molecular formula is C23H25N3O4S. The van der Waals surface area contributed by atoms with Gasteiger partial charge in [-0.3, -0.25) is 0 Å². The highest BCUT2D eigenvalue weighted by atomic mass is 32.2. The predicted molar refractivity (Wildman–Crippen MR) is 120 cm³/mol. The van der Waals surface area contributed by atoms with Crippen molar-refractivity contribution in [1.29, 1.82) is 0 Å². The molecule has 0 spiro atoms. The monoisotopic (exact) mass is 439 g/mol. The zero-order valence-electron chi connectivity index (χ0n) is 17.9. The minimum absolute atomic E-state index is 0.150. The SMILES string of the molecule is CCOC(=O)c1cccc(-n2c(C)cc(/C=N\NS(=O)(=O)c3ccc(C)cc3)c2C)c1. The molecule has 0 saturated heterocycles. The third-order valence-electron chi connectivity index (χ3n) is 4.79. The molecule has 0 amide bonds. The number of nitrogens with one attached hydrogen (secondary N) is 1. The van der Waals surface area contributed by atoms with Crippen LogP contribution in [0.5, 0.6) is 0 Å². The summed E-state index contributed by atoms with van der Waals surface area (Å²) in [4.78, 5) is 14.5. The number of benzene rings is 2. The molecule has 7 nitrogen and oxygen atoms in total. The van der Waals surface area contributed by atoms with Crippen molar-refractivity contribution < 1.29 is 17.9 Å². The van der Waals surface area contributed by atoms with E-state index in [0.29, 0.717) is 12.2 Å². The van der Waals surface area contributed by atoms with Gasteiger partial charge in [-0.05, 0) is 64.1 Å². The van der Waals surface area contributed by atoms with E-state index in [-0.39, 0.29) is 10.9 Å². The van der Waals surface area contributed by atoms with Crippen LogP contribution in [0.1, 0.15) is 39.8 Å². The van der Waals surface area contributed by atoms with Crippen molar-refractivity contribution in [2.24, 2.45) is 5.10 Å². The number of aryl methyl sites for hydroxylation is 2. The van der Waals surface area contributed by atoms with E-state index in [9.17, 15) is 13.2 Å². The van der Waals surface area contributed by atoms with E-state index in [4.69, 9.17) is 4.74 Å². The summed E-state index contributed by atoms with van der Waals surface area (Å²) in [6, 6.07) is 15.6. The zero-order chi connectivity index (χ0) is 22.6. The Morgan fingerprint density at radius 2 is 1.81 bits per heavy atom. The number of esters is 1. The molecule has 1 N–H and O–H groups in total. The Morgan fingerprint density at radius 3 is 2.48 bits per heavy atom. The van der Waals surface area contributed by atoms with Crippen LogP contribution in [0.25, 0.3) is 5.69 Å². The van der Waals surface area contributed by atoms with Crippen LogP contribution in [0.2, 0.25) is 0 Å². The third kappa shape index (κ3) is 5.03. The molecule has 0 bridgehead atoms. The first-order chi connectivity index (χ1) is 14.7. The summed E-state index contributed by atoms with van der Waals surface area (Å²) in [6.45, 7) is 7.79. The van der Waals surface area contributed by atoms with Gasteiger partial charge in [0.25, 0.3) is 10.0 Å². The summed E-state index contributed by atoms with van der Waals surface area (Å²) in [6.07, 6.45) is 1.47. The van der Waals surface area contributed by atoms with Crippen molar-refractivity contribution in [3.05, 3.63) is 82.7 Å². The Labute approximate surface area is 182 Å². The van der Waals surface area contributed by atoms with Crippen molar-refractivity contribution in [3.63, 3.8) is 0 Å². The number of carbonyl (C=O) groups excluding carboxylic acids is 1. The van der Waals surface area contributed by atoms with Crippen LogP contribution >= 0.6 is 0 Å². The first-order valence-electron chi connectivity index (χ1n) is 9.81. The van der Waals surface area contributed by atoms with E-state index in [2.05, 4.69) is 9.93 Å². The number of hydrogen-bond donors (Lipinski definition) is 1. The van der Waals surface area contributed by atoms with Gasteiger partial charge >= 0.3 is 5.97 Å². The van der Waals surface area contributed by atoms with Crippen LogP contribution in [0, 0.1) is 20.8 Å². The summed E-state index contributed by atoms with van der Waals surface area (Å²) < 4.78 is 31.8. The van der Waals surface area contributed by atoms with Crippen molar-refractivity contribution >= 4 is 22.2 Å². The topological polar surface area (TPSA) is 89.8 Å². The maximum absolute atomic E-state index is 12.4. The molecule has 1 heterocycles. The smallest absolute Gasteiger partial charge is 0.338 e. The van der Waals surface area contributed by atoms with Gasteiger partial charge in [-0.1, -0.05) is 23.8 Å². The standard InChI is InChI=1S/C23H25N3O4S/c1-5-30-23(27)19-7-6-8-21(14-19)26-17(3)13-20(18(26)4)15-24-25-31(28,29)22-11-9-16(2)10-12-22/h6-15,25H,5H2,1-4H3/b24-15-. The largest absolute Gasteiger partial charge is 0.462 e. The first kappa shape index (κ1) is 22.3. The third-order valence-corrected chi connectivity index (χ3v) is 6.03. The lowest BCUT2D eigenvalue weighted by molar-refractivity contribution is 0.0526. The van der Waals surface area contributed by atoms with E-state index < -0.39 is 10.0 Å². The molecule has 0 aliphatic carbocycles. The highest BCUT2D eigenvalue weighted by molar-refractivity contribution is 7.89. The van der Waals surface area contributed by atoms with Gasteiger partial charge in [0.2, 0.25) is 0 Å². The predicted octanol–water partition coefficient (Wildman–Crippen LogP) is 3.89. The molecule has 3 aromatic rings. The molecule has 0 radical (unpaired) electrons. The minimum Gasteiger partial charge on any atom is -0.462 e. The second-order valence-electron chi connectivity index (χ2n) is 7.10. The Hall–Kier alpha value is -3.39. The van der Waals surface area contributed by atoms with Gasteiger partial charge in [-0.2, -0.15) is 13.5 Å². The van der Waals surface area contributed by atoms with Crippen molar-refractivity contribution in [1.82, 2.24) is 9.40 Å². The molecule has 0 unspecified atom stereocenters. The number of ether oxygens (including phenoxy) is 1. The Balaban J connectivity index is 1.84. The van der Waals surface area contributed by atoms with E-state index in [1.54, 1.807) is 37.3 Å². The van der Waals surface area contributed by atoms with Gasteiger partial charge in [-0.25, -0.2) is 9.63 Å². The molecule has 0 aliphatic rings. The molecule has 3 rings (SSSR count). The highest BCUT2D eigenvalue weighted by Gasteiger charge is 2.14. The number of rotatable bonds is 7. The first-order valence-corrected chi connectivity index (χ1v) is 11.3. The molecule has 8 heteroatoms. The molecule has 0 saturated carbocycles. The summed E-state index contributed by atoms with van der Waals surface area (Å²) >= 11 is 0. The Bertz CT molecular complexity index is 1230. The van der Waals surface area contributed by atoms with Crippen LogP contribution in [0.3, 0.4) is 0 Å². The molecule has 0 aliphatic heterocycles. The lowest BCUT2D eigenvalue weighted by Gasteiger charge is -2.11. The number of aromatic nitrogens is 1. The fraction of sp³-hybridized carbons (Fsp3) is 0.217. The van der Waals surface area contributed by atoms with Crippen LogP contribution in [-0.4, -0.2) is 31.8 Å². The molecule has 162 valence electrons. The quantitative estimate of drug-likeness (QED) is 0.344. The van der Waals surface area contributed by atoms with Crippen molar-refractivity contribution in [3.8, 4) is 5.69 Å². The zero-order valence-corrected chi connectivity index (χ0v) is 18.7.